The summed E-state index contributed by atoms with van der Waals surface area (Å²) >= 11 is 3.50. The van der Waals surface area contributed by atoms with E-state index >= 15 is 0 Å². The van der Waals surface area contributed by atoms with Crippen LogP contribution in [-0.2, 0) is 22.6 Å². The van der Waals surface area contributed by atoms with Gasteiger partial charge in [0, 0.05) is 35.6 Å². The highest BCUT2D eigenvalue weighted by atomic mass is 79.9. The van der Waals surface area contributed by atoms with Gasteiger partial charge in [-0.25, -0.2) is 0 Å². The summed E-state index contributed by atoms with van der Waals surface area (Å²) in [4.78, 5) is 40.0. The molecule has 41 heavy (non-hydrogen) atoms. The molecule has 1 fully saturated rings. The molecule has 0 bridgehead atoms. The summed E-state index contributed by atoms with van der Waals surface area (Å²) in [6.45, 7) is -0.169. The Labute approximate surface area is 248 Å². The van der Waals surface area contributed by atoms with E-state index in [0.717, 1.165) is 47.7 Å². The van der Waals surface area contributed by atoms with E-state index in [4.69, 9.17) is 9.47 Å². The van der Waals surface area contributed by atoms with Gasteiger partial charge >= 0.3 is 5.69 Å². The number of carbonyl (C=O) groups excluding carboxylic acids is 2. The van der Waals surface area contributed by atoms with Crippen molar-refractivity contribution in [2.75, 3.05) is 13.7 Å². The molecule has 4 rings (SSSR count). The summed E-state index contributed by atoms with van der Waals surface area (Å²) < 4.78 is 11.8. The fraction of sp³-hybridized carbons (Fsp3) is 0.355. The van der Waals surface area contributed by atoms with E-state index in [0.29, 0.717) is 6.42 Å². The zero-order valence-electron chi connectivity index (χ0n) is 23.0. The van der Waals surface area contributed by atoms with Gasteiger partial charge in [-0.05, 0) is 42.2 Å². The molecule has 10 heteroatoms. The van der Waals surface area contributed by atoms with Crippen LogP contribution >= 0.6 is 15.9 Å². The summed E-state index contributed by atoms with van der Waals surface area (Å²) in [6.07, 6.45) is 5.49. The van der Waals surface area contributed by atoms with E-state index in [1.165, 1.54) is 25.3 Å². The molecule has 3 aromatic carbocycles. The molecule has 0 spiro atoms. The Bertz CT molecular complexity index is 1350. The van der Waals surface area contributed by atoms with Crippen molar-refractivity contribution >= 4 is 33.4 Å². The van der Waals surface area contributed by atoms with Crippen LogP contribution in [0, 0.1) is 10.1 Å². The van der Waals surface area contributed by atoms with Crippen molar-refractivity contribution in [1.82, 2.24) is 10.2 Å². The summed E-state index contributed by atoms with van der Waals surface area (Å²) in [5.74, 6) is -0.308. The summed E-state index contributed by atoms with van der Waals surface area (Å²) in [6, 6.07) is 20.6. The van der Waals surface area contributed by atoms with Crippen LogP contribution in [0.2, 0.25) is 0 Å². The van der Waals surface area contributed by atoms with Crippen molar-refractivity contribution in [3.63, 3.8) is 0 Å². The van der Waals surface area contributed by atoms with Crippen molar-refractivity contribution in [2.45, 2.75) is 57.2 Å². The number of hydrogen-bond acceptors (Lipinski definition) is 6. The molecular formula is C31H34BrN3O6. The normalized spacial score (nSPS) is 14.1. The molecule has 1 atom stereocenters. The third kappa shape index (κ3) is 8.53. The van der Waals surface area contributed by atoms with Crippen molar-refractivity contribution < 1.29 is 24.0 Å². The second kappa shape index (κ2) is 14.6. The maximum absolute atomic E-state index is 13.8. The van der Waals surface area contributed by atoms with Gasteiger partial charge in [-0.3, -0.25) is 19.7 Å². The minimum Gasteiger partial charge on any atom is -0.490 e. The first-order valence-electron chi connectivity index (χ1n) is 13.7. The fourth-order valence-electron chi connectivity index (χ4n) is 5.06. The lowest BCUT2D eigenvalue weighted by atomic mass is 9.94. The Morgan fingerprint density at radius 3 is 2.44 bits per heavy atom. The van der Waals surface area contributed by atoms with Gasteiger partial charge in [0.25, 0.3) is 5.91 Å². The van der Waals surface area contributed by atoms with E-state index in [1.54, 1.807) is 4.90 Å². The summed E-state index contributed by atoms with van der Waals surface area (Å²) in [5.41, 5.74) is 1.59. The summed E-state index contributed by atoms with van der Waals surface area (Å²) in [7, 11) is 1.33. The minimum absolute atomic E-state index is 0.0276. The van der Waals surface area contributed by atoms with Crippen LogP contribution in [0.25, 0.3) is 0 Å². The number of nitro groups is 1. The highest BCUT2D eigenvalue weighted by Gasteiger charge is 2.32. The highest BCUT2D eigenvalue weighted by molar-refractivity contribution is 9.10. The van der Waals surface area contributed by atoms with Gasteiger partial charge in [0.1, 0.15) is 11.8 Å². The molecule has 1 aliphatic carbocycles. The van der Waals surface area contributed by atoms with E-state index in [-0.39, 0.29) is 48.2 Å². The van der Waals surface area contributed by atoms with E-state index in [1.807, 2.05) is 54.6 Å². The number of hydrogen-bond donors (Lipinski definition) is 1. The first-order chi connectivity index (χ1) is 19.8. The number of nitro benzene ring substituents is 1. The molecule has 0 saturated heterocycles. The standard InChI is InChI=1S/C31H34BrN3O6/c1-40-29-19-26(15-16-27(29)35(38)39)41-21-30(36)34(20-23-11-8-12-24(32)17-23)28(18-22-9-4-2-5-10-22)31(37)33-25-13-6-3-7-14-25/h2,4-5,8-12,15-17,19,25,28H,3,6-7,13-14,18,20-21H2,1H3,(H,33,37). The van der Waals surface area contributed by atoms with Crippen LogP contribution in [0.4, 0.5) is 5.69 Å². The van der Waals surface area contributed by atoms with Gasteiger partial charge in [-0.15, -0.1) is 0 Å². The Kier molecular flexibility index (Phi) is 10.7. The molecule has 1 N–H and O–H groups in total. The topological polar surface area (TPSA) is 111 Å². The molecule has 0 aromatic heterocycles. The van der Waals surface area contributed by atoms with Gasteiger partial charge in [0.15, 0.2) is 6.61 Å². The second-order valence-electron chi connectivity index (χ2n) is 10.1. The van der Waals surface area contributed by atoms with Gasteiger partial charge in [0.2, 0.25) is 11.7 Å². The third-order valence-corrected chi connectivity index (χ3v) is 7.67. The molecule has 0 aliphatic heterocycles. The number of ether oxygens (including phenoxy) is 2. The SMILES string of the molecule is COc1cc(OCC(=O)N(Cc2cccc(Br)c2)C(Cc2ccccc2)C(=O)NC2CCCCC2)ccc1[N+](=O)[O-]. The van der Waals surface area contributed by atoms with Gasteiger partial charge < -0.3 is 19.7 Å². The quantitative estimate of drug-likeness (QED) is 0.201. The average molecular weight is 625 g/mol. The highest BCUT2D eigenvalue weighted by Crippen LogP contribution is 2.31. The van der Waals surface area contributed by atoms with Gasteiger partial charge in [-0.2, -0.15) is 0 Å². The van der Waals surface area contributed by atoms with Crippen molar-refractivity contribution in [2.24, 2.45) is 0 Å². The number of benzene rings is 3. The Morgan fingerprint density at radius 2 is 1.76 bits per heavy atom. The molecule has 216 valence electrons. The lowest BCUT2D eigenvalue weighted by Crippen LogP contribution is -2.53. The average Bonchev–Trinajstić information content (AvgIpc) is 2.98. The van der Waals surface area contributed by atoms with Crippen LogP contribution in [0.15, 0.2) is 77.3 Å². The third-order valence-electron chi connectivity index (χ3n) is 7.17. The molecule has 0 heterocycles. The predicted octanol–water partition coefficient (Wildman–Crippen LogP) is 5.83. The molecule has 0 radical (unpaired) electrons. The molecular weight excluding hydrogens is 590 g/mol. The maximum Gasteiger partial charge on any atom is 0.311 e. The molecule has 1 aliphatic rings. The number of amides is 2. The number of rotatable bonds is 12. The number of halogens is 1. The first-order valence-corrected chi connectivity index (χ1v) is 14.5. The van der Waals surface area contributed by atoms with E-state index in [2.05, 4.69) is 21.2 Å². The minimum atomic E-state index is -0.777. The smallest absolute Gasteiger partial charge is 0.311 e. The lowest BCUT2D eigenvalue weighted by Gasteiger charge is -2.33. The molecule has 1 unspecified atom stereocenters. The van der Waals surface area contributed by atoms with Gasteiger partial charge in [-0.1, -0.05) is 77.7 Å². The molecule has 1 saturated carbocycles. The van der Waals surface area contributed by atoms with Gasteiger partial charge in [0.05, 0.1) is 12.0 Å². The monoisotopic (exact) mass is 623 g/mol. The largest absolute Gasteiger partial charge is 0.490 e. The number of nitrogens with one attached hydrogen (secondary N) is 1. The van der Waals surface area contributed by atoms with Crippen LogP contribution in [-0.4, -0.2) is 47.4 Å². The zero-order chi connectivity index (χ0) is 29.2. The summed E-state index contributed by atoms with van der Waals surface area (Å²) in [5, 5.41) is 14.5. The number of carbonyl (C=O) groups is 2. The number of methoxy groups -OCH3 is 1. The number of nitrogens with zero attached hydrogens (tertiary/aromatic N) is 2. The zero-order valence-corrected chi connectivity index (χ0v) is 24.5. The second-order valence-corrected chi connectivity index (χ2v) is 11.0. The predicted molar refractivity (Wildman–Crippen MR) is 159 cm³/mol. The van der Waals surface area contributed by atoms with Crippen molar-refractivity contribution in [1.29, 1.82) is 0 Å². The molecule has 3 aromatic rings. The Morgan fingerprint density at radius 1 is 1.02 bits per heavy atom. The Balaban J connectivity index is 1.61. The fourth-order valence-corrected chi connectivity index (χ4v) is 5.50. The van der Waals surface area contributed by atoms with Crippen LogP contribution in [0.3, 0.4) is 0 Å². The van der Waals surface area contributed by atoms with E-state index < -0.39 is 11.0 Å². The van der Waals surface area contributed by atoms with E-state index in [9.17, 15) is 19.7 Å². The lowest BCUT2D eigenvalue weighted by molar-refractivity contribution is -0.385. The molecule has 9 nitrogen and oxygen atoms in total. The van der Waals surface area contributed by atoms with Crippen LogP contribution in [0.5, 0.6) is 11.5 Å². The Hall–Kier alpha value is -3.92. The van der Waals surface area contributed by atoms with Crippen molar-refractivity contribution in [3.8, 4) is 11.5 Å². The molecule has 2 amide bonds. The first kappa shape index (κ1) is 30.0. The van der Waals surface area contributed by atoms with Crippen molar-refractivity contribution in [3.05, 3.63) is 98.5 Å². The maximum atomic E-state index is 13.8. The van der Waals surface area contributed by atoms with Crippen LogP contribution < -0.4 is 14.8 Å². The van der Waals surface area contributed by atoms with Crippen LogP contribution in [0.1, 0.15) is 43.2 Å².